The molecule has 1 aliphatic heterocycles. The first kappa shape index (κ1) is 15.1. The van der Waals surface area contributed by atoms with Gasteiger partial charge < -0.3 is 5.32 Å². The standard InChI is InChI=1S/C16H11ClN2OS2/c17-11-5-7-12(8-6-11)22-14-4-2-1-3-10(14)9-13-15(20)19-16(21)18-13/h1-9H,(H2,18,19,20,21)/b13-9-. The third-order valence-corrected chi connectivity index (χ3v) is 4.54. The highest BCUT2D eigenvalue weighted by atomic mass is 35.5. The molecule has 2 aromatic rings. The zero-order valence-electron chi connectivity index (χ0n) is 11.3. The molecule has 1 amide bonds. The molecule has 0 radical (unpaired) electrons. The normalized spacial score (nSPS) is 15.8. The van der Waals surface area contributed by atoms with Crippen molar-refractivity contribution in [3.63, 3.8) is 0 Å². The minimum absolute atomic E-state index is 0.212. The van der Waals surface area contributed by atoms with Gasteiger partial charge in [-0.05, 0) is 54.2 Å². The summed E-state index contributed by atoms with van der Waals surface area (Å²) in [4.78, 5) is 13.9. The van der Waals surface area contributed by atoms with Crippen molar-refractivity contribution in [2.75, 3.05) is 0 Å². The Bertz CT molecular complexity index is 772. The van der Waals surface area contributed by atoms with Crippen molar-refractivity contribution in [3.8, 4) is 0 Å². The summed E-state index contributed by atoms with van der Waals surface area (Å²) in [7, 11) is 0. The monoisotopic (exact) mass is 346 g/mol. The van der Waals surface area contributed by atoms with Crippen LogP contribution < -0.4 is 10.6 Å². The average Bonchev–Trinajstić information content (AvgIpc) is 2.81. The fourth-order valence-electron chi connectivity index (χ4n) is 1.96. The molecule has 22 heavy (non-hydrogen) atoms. The maximum atomic E-state index is 11.7. The number of nitrogens with one attached hydrogen (secondary N) is 2. The smallest absolute Gasteiger partial charge is 0.273 e. The van der Waals surface area contributed by atoms with Crippen LogP contribution >= 0.6 is 35.6 Å². The van der Waals surface area contributed by atoms with Gasteiger partial charge in [-0.3, -0.25) is 10.1 Å². The molecule has 0 spiro atoms. The fraction of sp³-hybridized carbons (Fsp3) is 0. The molecule has 0 saturated carbocycles. The molecule has 6 heteroatoms. The number of carbonyl (C=O) groups excluding carboxylic acids is 1. The lowest BCUT2D eigenvalue weighted by Crippen LogP contribution is -2.21. The molecule has 0 aromatic heterocycles. The lowest BCUT2D eigenvalue weighted by molar-refractivity contribution is -0.115. The van der Waals surface area contributed by atoms with Gasteiger partial charge in [0.2, 0.25) is 0 Å². The summed E-state index contributed by atoms with van der Waals surface area (Å²) in [6, 6.07) is 15.5. The van der Waals surface area contributed by atoms with Crippen LogP contribution in [0.1, 0.15) is 5.56 Å². The Morgan fingerprint density at radius 2 is 1.77 bits per heavy atom. The van der Waals surface area contributed by atoms with E-state index in [1.54, 1.807) is 17.8 Å². The van der Waals surface area contributed by atoms with E-state index in [2.05, 4.69) is 10.6 Å². The van der Waals surface area contributed by atoms with Crippen LogP contribution in [0.4, 0.5) is 0 Å². The summed E-state index contributed by atoms with van der Waals surface area (Å²) in [5, 5.41) is 6.45. The molecule has 3 rings (SSSR count). The third-order valence-electron chi connectivity index (χ3n) is 2.98. The number of carbonyl (C=O) groups is 1. The van der Waals surface area contributed by atoms with Crippen LogP contribution in [0.15, 0.2) is 64.0 Å². The van der Waals surface area contributed by atoms with Gasteiger partial charge in [0.25, 0.3) is 5.91 Å². The molecule has 1 fully saturated rings. The molecule has 0 bridgehead atoms. The van der Waals surface area contributed by atoms with Crippen LogP contribution in [0.2, 0.25) is 5.02 Å². The van der Waals surface area contributed by atoms with Crippen molar-refractivity contribution in [1.29, 1.82) is 0 Å². The van der Waals surface area contributed by atoms with E-state index in [0.29, 0.717) is 15.8 Å². The third kappa shape index (κ3) is 3.50. The van der Waals surface area contributed by atoms with Crippen molar-refractivity contribution in [2.24, 2.45) is 0 Å². The van der Waals surface area contributed by atoms with Crippen LogP contribution in [-0.2, 0) is 4.79 Å². The molecule has 2 aromatic carbocycles. The number of amides is 1. The van der Waals surface area contributed by atoms with Crippen molar-refractivity contribution in [1.82, 2.24) is 10.6 Å². The van der Waals surface area contributed by atoms with E-state index in [9.17, 15) is 4.79 Å². The van der Waals surface area contributed by atoms with Gasteiger partial charge in [0, 0.05) is 14.8 Å². The van der Waals surface area contributed by atoms with Gasteiger partial charge >= 0.3 is 0 Å². The highest BCUT2D eigenvalue weighted by Gasteiger charge is 2.20. The Morgan fingerprint density at radius 1 is 1.05 bits per heavy atom. The zero-order valence-corrected chi connectivity index (χ0v) is 13.7. The molecule has 3 nitrogen and oxygen atoms in total. The minimum Gasteiger partial charge on any atom is -0.328 e. The molecule has 1 saturated heterocycles. The fourth-order valence-corrected chi connectivity index (χ4v) is 3.21. The highest BCUT2D eigenvalue weighted by Crippen LogP contribution is 2.32. The number of thiocarbonyl (C=S) groups is 1. The van der Waals surface area contributed by atoms with Gasteiger partial charge in [0.05, 0.1) is 0 Å². The summed E-state index contributed by atoms with van der Waals surface area (Å²) < 4.78 is 0. The summed E-state index contributed by atoms with van der Waals surface area (Å²) in [6.45, 7) is 0. The maximum absolute atomic E-state index is 11.7. The average molecular weight is 347 g/mol. The first-order chi connectivity index (χ1) is 10.6. The van der Waals surface area contributed by atoms with Crippen molar-refractivity contribution in [2.45, 2.75) is 9.79 Å². The van der Waals surface area contributed by atoms with E-state index in [0.717, 1.165) is 15.4 Å². The Hall–Kier alpha value is -1.82. The van der Waals surface area contributed by atoms with Crippen LogP contribution in [0.25, 0.3) is 6.08 Å². The van der Waals surface area contributed by atoms with Crippen LogP contribution in [-0.4, -0.2) is 11.0 Å². The topological polar surface area (TPSA) is 41.1 Å². The number of hydrogen-bond acceptors (Lipinski definition) is 3. The van der Waals surface area contributed by atoms with Gasteiger partial charge in [-0.2, -0.15) is 0 Å². The largest absolute Gasteiger partial charge is 0.328 e. The van der Waals surface area contributed by atoms with Crippen molar-refractivity contribution < 1.29 is 4.79 Å². The number of benzene rings is 2. The second-order valence-corrected chi connectivity index (χ2v) is 6.52. The zero-order chi connectivity index (χ0) is 15.5. The maximum Gasteiger partial charge on any atom is 0.273 e. The minimum atomic E-state index is -0.212. The van der Waals surface area contributed by atoms with Gasteiger partial charge in [-0.15, -0.1) is 0 Å². The summed E-state index contributed by atoms with van der Waals surface area (Å²) in [5.74, 6) is -0.212. The molecule has 0 unspecified atom stereocenters. The molecular formula is C16H11ClN2OS2. The summed E-state index contributed by atoms with van der Waals surface area (Å²) >= 11 is 12.5. The summed E-state index contributed by atoms with van der Waals surface area (Å²) in [6.07, 6.45) is 1.80. The summed E-state index contributed by atoms with van der Waals surface area (Å²) in [5.41, 5.74) is 1.40. The number of halogens is 1. The van der Waals surface area contributed by atoms with E-state index >= 15 is 0 Å². The molecule has 1 aliphatic rings. The number of hydrogen-bond donors (Lipinski definition) is 2. The lowest BCUT2D eigenvalue weighted by Gasteiger charge is -2.06. The SMILES string of the molecule is O=C1NC(=S)N/C1=C\c1ccccc1Sc1ccc(Cl)cc1. The molecule has 110 valence electrons. The Kier molecular flexibility index (Phi) is 4.47. The quantitative estimate of drug-likeness (QED) is 0.654. The van der Waals surface area contributed by atoms with Crippen LogP contribution in [0.3, 0.4) is 0 Å². The molecule has 2 N–H and O–H groups in total. The molecular weight excluding hydrogens is 336 g/mol. The molecule has 0 atom stereocenters. The van der Waals surface area contributed by atoms with Gasteiger partial charge in [0.1, 0.15) is 5.70 Å². The molecule has 1 heterocycles. The van der Waals surface area contributed by atoms with E-state index in [4.69, 9.17) is 23.8 Å². The Labute approximate surface area is 142 Å². The first-order valence-corrected chi connectivity index (χ1v) is 8.08. The van der Waals surface area contributed by atoms with Crippen molar-refractivity contribution >= 4 is 52.7 Å². The van der Waals surface area contributed by atoms with Gasteiger partial charge in [0.15, 0.2) is 5.11 Å². The highest BCUT2D eigenvalue weighted by molar-refractivity contribution is 7.99. The second kappa shape index (κ2) is 6.52. The number of rotatable bonds is 3. The van der Waals surface area contributed by atoms with E-state index in [-0.39, 0.29) is 5.91 Å². The molecule has 0 aliphatic carbocycles. The van der Waals surface area contributed by atoms with E-state index in [1.165, 1.54) is 0 Å². The van der Waals surface area contributed by atoms with Crippen LogP contribution in [0.5, 0.6) is 0 Å². The second-order valence-electron chi connectivity index (χ2n) is 4.56. The predicted molar refractivity (Wildman–Crippen MR) is 93.9 cm³/mol. The Balaban J connectivity index is 1.90. The lowest BCUT2D eigenvalue weighted by atomic mass is 10.2. The van der Waals surface area contributed by atoms with Gasteiger partial charge in [-0.1, -0.05) is 41.6 Å². The Morgan fingerprint density at radius 3 is 2.45 bits per heavy atom. The van der Waals surface area contributed by atoms with Crippen LogP contribution in [0, 0.1) is 0 Å². The predicted octanol–water partition coefficient (Wildman–Crippen LogP) is 3.84. The van der Waals surface area contributed by atoms with Crippen molar-refractivity contribution in [3.05, 3.63) is 64.8 Å². The van der Waals surface area contributed by atoms with E-state index in [1.807, 2.05) is 48.5 Å². The van der Waals surface area contributed by atoms with E-state index < -0.39 is 0 Å². The van der Waals surface area contributed by atoms with Gasteiger partial charge in [-0.25, -0.2) is 0 Å². The first-order valence-electron chi connectivity index (χ1n) is 6.48.